The summed E-state index contributed by atoms with van der Waals surface area (Å²) >= 11 is 6.24. The molecule has 0 aromatic heterocycles. The molecule has 0 radical (unpaired) electrons. The van der Waals surface area contributed by atoms with Crippen LogP contribution >= 0.6 is 11.6 Å². The molecule has 0 saturated carbocycles. The van der Waals surface area contributed by atoms with Crippen molar-refractivity contribution < 1.29 is 27.4 Å². The van der Waals surface area contributed by atoms with Gasteiger partial charge in [0.2, 0.25) is 0 Å². The Morgan fingerprint density at radius 3 is 2.39 bits per heavy atom. The second-order valence-corrected chi connectivity index (χ2v) is 9.78. The highest BCUT2D eigenvalue weighted by atomic mass is 35.5. The number of alkyl halides is 3. The number of nitrogens with zero attached hydrogens (tertiary/aromatic N) is 1. The molecule has 204 valence electrons. The number of hydrogen-bond donors (Lipinski definition) is 0. The molecule has 8 heteroatoms. The van der Waals surface area contributed by atoms with E-state index in [0.29, 0.717) is 30.9 Å². The van der Waals surface area contributed by atoms with Gasteiger partial charge in [-0.15, -0.1) is 0 Å². The molecule has 0 N–H and O–H groups in total. The molecule has 0 aliphatic rings. The SMILES string of the molecule is COC(=O)Cc1cccc(OCCC(C)N(Cc2cccc(C(F)(F)F)c2Cl)CC(C)c2ccccc2)c1. The van der Waals surface area contributed by atoms with Gasteiger partial charge in [0.1, 0.15) is 5.75 Å². The van der Waals surface area contributed by atoms with Crippen molar-refractivity contribution in [1.29, 1.82) is 0 Å². The third kappa shape index (κ3) is 8.50. The first-order valence-corrected chi connectivity index (χ1v) is 12.9. The summed E-state index contributed by atoms with van der Waals surface area (Å²) < 4.78 is 51.1. The van der Waals surface area contributed by atoms with Crippen molar-refractivity contribution in [2.75, 3.05) is 20.3 Å². The highest BCUT2D eigenvalue weighted by Crippen LogP contribution is 2.37. The van der Waals surface area contributed by atoms with Crippen LogP contribution in [0.25, 0.3) is 0 Å². The summed E-state index contributed by atoms with van der Waals surface area (Å²) in [6.07, 6.45) is -3.72. The van der Waals surface area contributed by atoms with Crippen molar-refractivity contribution in [3.05, 3.63) is 100 Å². The maximum atomic E-state index is 13.5. The summed E-state index contributed by atoms with van der Waals surface area (Å²) in [4.78, 5) is 13.7. The highest BCUT2D eigenvalue weighted by molar-refractivity contribution is 6.32. The largest absolute Gasteiger partial charge is 0.494 e. The lowest BCUT2D eigenvalue weighted by Gasteiger charge is -2.32. The molecule has 0 aliphatic heterocycles. The van der Waals surface area contributed by atoms with E-state index in [1.54, 1.807) is 12.1 Å². The van der Waals surface area contributed by atoms with E-state index in [4.69, 9.17) is 21.1 Å². The number of carbonyl (C=O) groups is 1. The zero-order chi connectivity index (χ0) is 27.7. The number of carbonyl (C=O) groups excluding carboxylic acids is 1. The number of halogens is 4. The molecule has 0 aliphatic carbocycles. The van der Waals surface area contributed by atoms with Gasteiger partial charge in [-0.25, -0.2) is 0 Å². The average molecular weight is 548 g/mol. The second-order valence-electron chi connectivity index (χ2n) is 9.40. The Morgan fingerprint density at radius 1 is 1.00 bits per heavy atom. The van der Waals surface area contributed by atoms with Gasteiger partial charge in [-0.1, -0.05) is 73.1 Å². The number of ether oxygens (including phenoxy) is 2. The number of benzene rings is 3. The third-order valence-electron chi connectivity index (χ3n) is 6.54. The van der Waals surface area contributed by atoms with E-state index in [-0.39, 0.29) is 35.9 Å². The number of methoxy groups -OCH3 is 1. The zero-order valence-corrected chi connectivity index (χ0v) is 22.6. The fraction of sp³-hybridized carbons (Fsp3) is 0.367. The lowest BCUT2D eigenvalue weighted by Crippen LogP contribution is -2.36. The number of rotatable bonds is 12. The van der Waals surface area contributed by atoms with Crippen LogP contribution in [0.3, 0.4) is 0 Å². The molecule has 0 amide bonds. The van der Waals surface area contributed by atoms with Gasteiger partial charge < -0.3 is 9.47 Å². The number of hydrogen-bond acceptors (Lipinski definition) is 4. The standard InChI is InChI=1S/C30H33ClF3NO3/c1-21(24-10-5-4-6-11-24)19-35(20-25-12-8-14-27(29(25)31)30(32,33)34)22(2)15-16-38-26-13-7-9-23(17-26)18-28(36)37-3/h4-14,17,21-22H,15-16,18-20H2,1-3H3. The van der Waals surface area contributed by atoms with Gasteiger partial charge in [-0.05, 0) is 54.2 Å². The lowest BCUT2D eigenvalue weighted by atomic mass is 9.99. The van der Waals surface area contributed by atoms with Gasteiger partial charge in [0.05, 0.1) is 30.7 Å². The second kappa shape index (κ2) is 13.7. The van der Waals surface area contributed by atoms with E-state index < -0.39 is 11.7 Å². The van der Waals surface area contributed by atoms with Gasteiger partial charge in [0.25, 0.3) is 0 Å². The van der Waals surface area contributed by atoms with E-state index in [2.05, 4.69) is 24.0 Å². The smallest absolute Gasteiger partial charge is 0.417 e. The normalized spacial score (nSPS) is 13.3. The zero-order valence-electron chi connectivity index (χ0n) is 21.8. The first-order valence-electron chi connectivity index (χ1n) is 12.5. The summed E-state index contributed by atoms with van der Waals surface area (Å²) in [6.45, 7) is 5.44. The molecule has 0 heterocycles. The minimum Gasteiger partial charge on any atom is -0.494 e. The fourth-order valence-electron chi connectivity index (χ4n) is 4.29. The Kier molecular flexibility index (Phi) is 10.6. The van der Waals surface area contributed by atoms with Gasteiger partial charge >= 0.3 is 12.1 Å². The van der Waals surface area contributed by atoms with Crippen LogP contribution < -0.4 is 4.74 Å². The highest BCUT2D eigenvalue weighted by Gasteiger charge is 2.34. The Bertz CT molecular complexity index is 1190. The van der Waals surface area contributed by atoms with Gasteiger partial charge in [0, 0.05) is 19.1 Å². The minimum absolute atomic E-state index is 0.00924. The van der Waals surface area contributed by atoms with Crippen molar-refractivity contribution in [2.45, 2.75) is 51.4 Å². The summed E-state index contributed by atoms with van der Waals surface area (Å²) in [5.41, 5.74) is 1.55. The predicted octanol–water partition coefficient (Wildman–Crippen LogP) is 7.54. The average Bonchev–Trinajstić information content (AvgIpc) is 2.89. The van der Waals surface area contributed by atoms with E-state index in [0.717, 1.165) is 17.2 Å². The Hall–Kier alpha value is -3.03. The monoisotopic (exact) mass is 547 g/mol. The third-order valence-corrected chi connectivity index (χ3v) is 6.98. The Balaban J connectivity index is 1.73. The molecule has 3 aromatic carbocycles. The summed E-state index contributed by atoms with van der Waals surface area (Å²) in [7, 11) is 1.35. The van der Waals surface area contributed by atoms with Crippen LogP contribution in [0.4, 0.5) is 13.2 Å². The Labute approximate surface area is 227 Å². The molecule has 3 aromatic rings. The molecular weight excluding hydrogens is 515 g/mol. The Morgan fingerprint density at radius 2 is 1.71 bits per heavy atom. The van der Waals surface area contributed by atoms with Crippen molar-refractivity contribution in [2.24, 2.45) is 0 Å². The molecular formula is C30H33ClF3NO3. The molecule has 38 heavy (non-hydrogen) atoms. The maximum Gasteiger partial charge on any atom is 0.417 e. The van der Waals surface area contributed by atoms with Gasteiger partial charge in [-0.3, -0.25) is 9.69 Å². The summed E-state index contributed by atoms with van der Waals surface area (Å²) in [5.74, 6) is 0.468. The van der Waals surface area contributed by atoms with Crippen LogP contribution in [0.1, 0.15) is 48.4 Å². The first kappa shape index (κ1) is 29.5. The molecule has 2 atom stereocenters. The van der Waals surface area contributed by atoms with Gasteiger partial charge in [-0.2, -0.15) is 13.2 Å². The van der Waals surface area contributed by atoms with Crippen molar-refractivity contribution >= 4 is 17.6 Å². The van der Waals surface area contributed by atoms with Crippen LogP contribution in [0, 0.1) is 0 Å². The predicted molar refractivity (Wildman–Crippen MR) is 143 cm³/mol. The molecule has 4 nitrogen and oxygen atoms in total. The fourth-order valence-corrected chi connectivity index (χ4v) is 4.59. The van der Waals surface area contributed by atoms with E-state index in [1.165, 1.54) is 13.2 Å². The molecule has 0 saturated heterocycles. The van der Waals surface area contributed by atoms with Gasteiger partial charge in [0.15, 0.2) is 0 Å². The van der Waals surface area contributed by atoms with E-state index in [9.17, 15) is 18.0 Å². The van der Waals surface area contributed by atoms with Crippen molar-refractivity contribution in [3.8, 4) is 5.75 Å². The molecule has 3 rings (SSSR count). The summed E-state index contributed by atoms with van der Waals surface area (Å²) in [5, 5.41) is -0.261. The summed E-state index contributed by atoms with van der Waals surface area (Å²) in [6, 6.07) is 21.3. The maximum absolute atomic E-state index is 13.5. The lowest BCUT2D eigenvalue weighted by molar-refractivity contribution is -0.140. The molecule has 0 bridgehead atoms. The van der Waals surface area contributed by atoms with E-state index >= 15 is 0 Å². The van der Waals surface area contributed by atoms with Crippen LogP contribution in [-0.4, -0.2) is 37.2 Å². The van der Waals surface area contributed by atoms with Crippen LogP contribution in [0.15, 0.2) is 72.8 Å². The molecule has 0 spiro atoms. The topological polar surface area (TPSA) is 38.8 Å². The van der Waals surface area contributed by atoms with Crippen LogP contribution in [0.5, 0.6) is 5.75 Å². The number of esters is 1. The molecule has 0 fully saturated rings. The first-order chi connectivity index (χ1) is 18.1. The van der Waals surface area contributed by atoms with Crippen LogP contribution in [-0.2, 0) is 28.7 Å². The van der Waals surface area contributed by atoms with Crippen molar-refractivity contribution in [1.82, 2.24) is 4.90 Å². The van der Waals surface area contributed by atoms with Crippen LogP contribution in [0.2, 0.25) is 5.02 Å². The minimum atomic E-state index is -4.52. The quantitative estimate of drug-likeness (QED) is 0.220. The molecule has 2 unspecified atom stereocenters. The van der Waals surface area contributed by atoms with Crippen molar-refractivity contribution in [3.63, 3.8) is 0 Å². The van der Waals surface area contributed by atoms with E-state index in [1.807, 2.05) is 43.3 Å².